The van der Waals surface area contributed by atoms with Crippen molar-refractivity contribution in [2.75, 3.05) is 0 Å². The molecular weight excluding hydrogens is 196 g/mol. The monoisotopic (exact) mass is 204 g/mol. The number of aromatic nitrogens is 4. The van der Waals surface area contributed by atoms with Crippen LogP contribution in [0.2, 0.25) is 0 Å². The third-order valence-corrected chi connectivity index (χ3v) is 1.87. The van der Waals surface area contributed by atoms with Crippen LogP contribution in [-0.4, -0.2) is 31.1 Å². The summed E-state index contributed by atoms with van der Waals surface area (Å²) < 4.78 is 1.44. The Morgan fingerprint density at radius 1 is 1.53 bits per heavy atom. The minimum Gasteiger partial charge on any atom is -0.478 e. The molecule has 0 spiro atoms. The predicted octanol–water partition coefficient (Wildman–Crippen LogP) is 0.575. The zero-order valence-electron chi connectivity index (χ0n) is 7.95. The van der Waals surface area contributed by atoms with Crippen molar-refractivity contribution in [3.05, 3.63) is 30.1 Å². The summed E-state index contributed by atoms with van der Waals surface area (Å²) in [6, 6.07) is 3.35. The molecule has 0 aliphatic rings. The van der Waals surface area contributed by atoms with Gasteiger partial charge in [0.25, 0.3) is 0 Å². The third-order valence-electron chi connectivity index (χ3n) is 1.87. The number of rotatable bonds is 2. The molecule has 1 N–H and O–H groups in total. The maximum atomic E-state index is 10.9. The van der Waals surface area contributed by atoms with Crippen LogP contribution in [0.5, 0.6) is 0 Å². The molecule has 0 aliphatic heterocycles. The highest BCUT2D eigenvalue weighted by atomic mass is 16.4. The van der Waals surface area contributed by atoms with E-state index in [9.17, 15) is 4.79 Å². The molecule has 2 heterocycles. The number of carboxylic acid groups (broad SMARTS) is 1. The van der Waals surface area contributed by atoms with E-state index in [-0.39, 0.29) is 5.56 Å². The maximum Gasteiger partial charge on any atom is 0.339 e. The number of aryl methyl sites for hydroxylation is 1. The Bertz CT molecular complexity index is 492. The summed E-state index contributed by atoms with van der Waals surface area (Å²) in [4.78, 5) is 10.9. The lowest BCUT2D eigenvalue weighted by atomic mass is 10.2. The van der Waals surface area contributed by atoms with Gasteiger partial charge in [0, 0.05) is 19.4 Å². The molecule has 0 bridgehead atoms. The minimum absolute atomic E-state index is 0.123. The van der Waals surface area contributed by atoms with Gasteiger partial charge in [-0.1, -0.05) is 0 Å². The Kier molecular flexibility index (Phi) is 2.17. The van der Waals surface area contributed by atoms with Crippen LogP contribution in [0.25, 0.3) is 11.4 Å². The van der Waals surface area contributed by atoms with Gasteiger partial charge in [-0.25, -0.2) is 4.79 Å². The predicted molar refractivity (Wildman–Crippen MR) is 51.2 cm³/mol. The number of hydrogen-bond donors (Lipinski definition) is 1. The fraction of sp³-hybridized carbons (Fsp3) is 0.111. The normalized spacial score (nSPS) is 10.2. The molecule has 0 radical (unpaired) electrons. The second-order valence-corrected chi connectivity index (χ2v) is 2.98. The van der Waals surface area contributed by atoms with E-state index in [1.807, 2.05) is 0 Å². The first kappa shape index (κ1) is 9.32. The smallest absolute Gasteiger partial charge is 0.339 e. The van der Waals surface area contributed by atoms with Gasteiger partial charge in [-0.2, -0.15) is 10.2 Å². The summed E-state index contributed by atoms with van der Waals surface area (Å²) >= 11 is 0. The van der Waals surface area contributed by atoms with Gasteiger partial charge in [0.05, 0.1) is 0 Å². The molecule has 2 aromatic rings. The van der Waals surface area contributed by atoms with Crippen molar-refractivity contribution >= 4 is 5.97 Å². The topological polar surface area (TPSA) is 80.9 Å². The van der Waals surface area contributed by atoms with E-state index >= 15 is 0 Å². The van der Waals surface area contributed by atoms with Gasteiger partial charge in [0.1, 0.15) is 17.0 Å². The second kappa shape index (κ2) is 3.49. The van der Waals surface area contributed by atoms with E-state index < -0.39 is 5.97 Å². The Labute approximate surface area is 85.2 Å². The molecule has 0 amide bonds. The number of carbonyl (C=O) groups is 1. The first-order chi connectivity index (χ1) is 7.18. The molecule has 0 saturated heterocycles. The van der Waals surface area contributed by atoms with E-state index in [4.69, 9.17) is 5.11 Å². The Morgan fingerprint density at radius 3 is 2.93 bits per heavy atom. The molecule has 15 heavy (non-hydrogen) atoms. The van der Waals surface area contributed by atoms with Crippen molar-refractivity contribution in [2.45, 2.75) is 0 Å². The van der Waals surface area contributed by atoms with E-state index in [1.54, 1.807) is 19.2 Å². The lowest BCUT2D eigenvalue weighted by molar-refractivity contribution is 0.0697. The van der Waals surface area contributed by atoms with E-state index in [0.717, 1.165) is 0 Å². The average Bonchev–Trinajstić information content (AvgIpc) is 2.62. The summed E-state index contributed by atoms with van der Waals surface area (Å²) in [5.74, 6) is -1.02. The highest BCUT2D eigenvalue weighted by Gasteiger charge is 2.16. The number of carboxylic acids is 1. The van der Waals surface area contributed by atoms with E-state index in [1.165, 1.54) is 17.1 Å². The summed E-state index contributed by atoms with van der Waals surface area (Å²) in [7, 11) is 1.66. The molecule has 0 aromatic carbocycles. The van der Waals surface area contributed by atoms with Crippen molar-refractivity contribution in [2.24, 2.45) is 7.05 Å². The standard InChI is InChI=1S/C9H8N4O2/c1-13-5-6(9(14)15)8(12-13)7-3-2-4-10-11-7/h2-5H,1H3,(H,14,15). The first-order valence-electron chi connectivity index (χ1n) is 4.23. The van der Waals surface area contributed by atoms with E-state index in [2.05, 4.69) is 15.3 Å². The SMILES string of the molecule is Cn1cc(C(=O)O)c(-c2cccnn2)n1. The van der Waals surface area contributed by atoms with Crippen LogP contribution < -0.4 is 0 Å². The number of aromatic carboxylic acids is 1. The lowest BCUT2D eigenvalue weighted by Gasteiger charge is -1.95. The molecule has 6 heteroatoms. The summed E-state index contributed by atoms with van der Waals surface area (Å²) in [6.45, 7) is 0. The van der Waals surface area contributed by atoms with Crippen LogP contribution in [-0.2, 0) is 7.05 Å². The minimum atomic E-state index is -1.02. The van der Waals surface area contributed by atoms with Crippen molar-refractivity contribution < 1.29 is 9.90 Å². The molecule has 76 valence electrons. The highest BCUT2D eigenvalue weighted by Crippen LogP contribution is 2.18. The largest absolute Gasteiger partial charge is 0.478 e. The van der Waals surface area contributed by atoms with Gasteiger partial charge in [0.15, 0.2) is 0 Å². The summed E-state index contributed by atoms with van der Waals surface area (Å²) in [5.41, 5.74) is 0.909. The Hall–Kier alpha value is -2.24. The molecule has 2 aromatic heterocycles. The fourth-order valence-electron chi connectivity index (χ4n) is 1.26. The maximum absolute atomic E-state index is 10.9. The second-order valence-electron chi connectivity index (χ2n) is 2.98. The molecule has 0 unspecified atom stereocenters. The quantitative estimate of drug-likeness (QED) is 0.773. The van der Waals surface area contributed by atoms with Gasteiger partial charge < -0.3 is 5.11 Å². The van der Waals surface area contributed by atoms with Gasteiger partial charge in [-0.05, 0) is 12.1 Å². The van der Waals surface area contributed by atoms with Crippen molar-refractivity contribution in [1.29, 1.82) is 0 Å². The zero-order valence-corrected chi connectivity index (χ0v) is 7.95. The number of nitrogens with zero attached hydrogens (tertiary/aromatic N) is 4. The number of hydrogen-bond acceptors (Lipinski definition) is 4. The fourth-order valence-corrected chi connectivity index (χ4v) is 1.26. The van der Waals surface area contributed by atoms with Crippen LogP contribution in [0.15, 0.2) is 24.5 Å². The van der Waals surface area contributed by atoms with Crippen molar-refractivity contribution in [3.63, 3.8) is 0 Å². The zero-order chi connectivity index (χ0) is 10.8. The van der Waals surface area contributed by atoms with Gasteiger partial charge in [-0.15, -0.1) is 5.10 Å². The molecule has 0 fully saturated rings. The van der Waals surface area contributed by atoms with Gasteiger partial charge in [0.2, 0.25) is 0 Å². The van der Waals surface area contributed by atoms with Crippen LogP contribution in [0, 0.1) is 0 Å². The molecule has 6 nitrogen and oxygen atoms in total. The van der Waals surface area contributed by atoms with Crippen molar-refractivity contribution in [1.82, 2.24) is 20.0 Å². The Balaban J connectivity index is 2.58. The summed E-state index contributed by atoms with van der Waals surface area (Å²) in [5, 5.41) is 20.5. The average molecular weight is 204 g/mol. The van der Waals surface area contributed by atoms with Gasteiger partial charge >= 0.3 is 5.97 Å². The van der Waals surface area contributed by atoms with Crippen LogP contribution >= 0.6 is 0 Å². The molecular formula is C9H8N4O2. The van der Waals surface area contributed by atoms with Crippen LogP contribution in [0.3, 0.4) is 0 Å². The summed E-state index contributed by atoms with van der Waals surface area (Å²) in [6.07, 6.45) is 2.96. The Morgan fingerprint density at radius 2 is 2.33 bits per heavy atom. The molecule has 0 aliphatic carbocycles. The molecule has 2 rings (SSSR count). The lowest BCUT2D eigenvalue weighted by Crippen LogP contribution is -1.98. The molecule has 0 atom stereocenters. The van der Waals surface area contributed by atoms with Crippen LogP contribution in [0.4, 0.5) is 0 Å². The highest BCUT2D eigenvalue weighted by molar-refractivity contribution is 5.93. The third kappa shape index (κ3) is 1.69. The van der Waals surface area contributed by atoms with E-state index in [0.29, 0.717) is 11.4 Å². The van der Waals surface area contributed by atoms with Crippen LogP contribution in [0.1, 0.15) is 10.4 Å². The van der Waals surface area contributed by atoms with Gasteiger partial charge in [-0.3, -0.25) is 4.68 Å². The van der Waals surface area contributed by atoms with Crippen molar-refractivity contribution in [3.8, 4) is 11.4 Å². The first-order valence-corrected chi connectivity index (χ1v) is 4.23. The molecule has 0 saturated carbocycles.